The number of aryl methyl sites for hydroxylation is 1. The van der Waals surface area contributed by atoms with Crippen molar-refractivity contribution in [3.8, 4) is 0 Å². The lowest BCUT2D eigenvalue weighted by atomic mass is 9.96. The van der Waals surface area contributed by atoms with Crippen LogP contribution in [0.1, 0.15) is 19.3 Å². The van der Waals surface area contributed by atoms with Crippen molar-refractivity contribution in [1.82, 2.24) is 24.7 Å². The first-order chi connectivity index (χ1) is 11.3. The number of amides is 1. The predicted octanol–water partition coefficient (Wildman–Crippen LogP) is 0.721. The van der Waals surface area contributed by atoms with Crippen LogP contribution in [0.15, 0.2) is 24.8 Å². The molecule has 0 unspecified atom stereocenters. The van der Waals surface area contributed by atoms with E-state index >= 15 is 0 Å². The van der Waals surface area contributed by atoms with Crippen molar-refractivity contribution in [3.63, 3.8) is 0 Å². The van der Waals surface area contributed by atoms with Gasteiger partial charge in [0.1, 0.15) is 6.33 Å². The fourth-order valence-electron chi connectivity index (χ4n) is 3.35. The molecule has 1 atom stereocenters. The van der Waals surface area contributed by atoms with Crippen LogP contribution in [0.4, 0.5) is 11.9 Å². The molecule has 8 nitrogen and oxygen atoms in total. The molecule has 1 saturated heterocycles. The van der Waals surface area contributed by atoms with Gasteiger partial charge in [-0.2, -0.15) is 10.1 Å². The lowest BCUT2D eigenvalue weighted by Gasteiger charge is -2.35. The second-order valence-electron chi connectivity index (χ2n) is 5.96. The summed E-state index contributed by atoms with van der Waals surface area (Å²) in [6.45, 7) is 3.10. The van der Waals surface area contributed by atoms with Gasteiger partial charge in [-0.05, 0) is 25.3 Å². The SMILES string of the molecule is O=C([C@H]1CCCN(c2ncccn2)C1)N1CCCn2ncnc21. The Morgan fingerprint density at radius 3 is 2.83 bits per heavy atom. The Balaban J connectivity index is 1.51. The number of hydrogen-bond donors (Lipinski definition) is 0. The van der Waals surface area contributed by atoms with Crippen molar-refractivity contribution >= 4 is 17.8 Å². The number of piperidine rings is 1. The van der Waals surface area contributed by atoms with Crippen molar-refractivity contribution in [1.29, 1.82) is 0 Å². The van der Waals surface area contributed by atoms with Crippen molar-refractivity contribution in [2.24, 2.45) is 5.92 Å². The third kappa shape index (κ3) is 2.64. The van der Waals surface area contributed by atoms with Gasteiger partial charge in [-0.25, -0.2) is 14.6 Å². The number of anilines is 2. The first-order valence-electron chi connectivity index (χ1n) is 8.04. The molecule has 0 N–H and O–H groups in total. The summed E-state index contributed by atoms with van der Waals surface area (Å²) >= 11 is 0. The first-order valence-corrected chi connectivity index (χ1v) is 8.04. The van der Waals surface area contributed by atoms with Gasteiger partial charge in [0.05, 0.1) is 5.92 Å². The van der Waals surface area contributed by atoms with Crippen molar-refractivity contribution < 1.29 is 4.79 Å². The summed E-state index contributed by atoms with van der Waals surface area (Å²) in [4.78, 5) is 29.7. The first kappa shape index (κ1) is 14.1. The van der Waals surface area contributed by atoms with E-state index < -0.39 is 0 Å². The van der Waals surface area contributed by atoms with E-state index in [1.54, 1.807) is 23.4 Å². The zero-order chi connectivity index (χ0) is 15.6. The molecule has 2 aromatic rings. The van der Waals surface area contributed by atoms with Gasteiger partial charge in [0.25, 0.3) is 0 Å². The van der Waals surface area contributed by atoms with E-state index in [-0.39, 0.29) is 11.8 Å². The van der Waals surface area contributed by atoms with Gasteiger partial charge in [-0.15, -0.1) is 0 Å². The maximum Gasteiger partial charge on any atom is 0.234 e. The smallest absolute Gasteiger partial charge is 0.234 e. The van der Waals surface area contributed by atoms with Crippen LogP contribution >= 0.6 is 0 Å². The minimum atomic E-state index is -0.0455. The Morgan fingerprint density at radius 2 is 1.96 bits per heavy atom. The monoisotopic (exact) mass is 313 g/mol. The van der Waals surface area contributed by atoms with Crippen molar-refractivity contribution in [2.75, 3.05) is 29.4 Å². The molecule has 0 spiro atoms. The highest BCUT2D eigenvalue weighted by molar-refractivity contribution is 5.94. The Kier molecular flexibility index (Phi) is 3.64. The van der Waals surface area contributed by atoms with Crippen LogP contribution in [0.2, 0.25) is 0 Å². The average Bonchev–Trinajstić information content (AvgIpc) is 3.11. The zero-order valence-corrected chi connectivity index (χ0v) is 12.9. The maximum absolute atomic E-state index is 13.0. The van der Waals surface area contributed by atoms with E-state index in [0.717, 1.165) is 38.9 Å². The van der Waals surface area contributed by atoms with Crippen LogP contribution in [-0.2, 0) is 11.3 Å². The Hall–Kier alpha value is -2.51. The standard InChI is InChI=1S/C15H19N7O/c23-13(21-8-3-9-22-15(21)18-11-19-22)12-4-1-7-20(10-12)14-16-5-2-6-17-14/h2,5-6,11-12H,1,3-4,7-10H2/t12-/m0/s1. The third-order valence-corrected chi connectivity index (χ3v) is 4.46. The van der Waals surface area contributed by atoms with Crippen LogP contribution in [-0.4, -0.2) is 50.3 Å². The minimum Gasteiger partial charge on any atom is -0.340 e. The zero-order valence-electron chi connectivity index (χ0n) is 12.9. The summed E-state index contributed by atoms with van der Waals surface area (Å²) in [7, 11) is 0. The molecule has 2 aliphatic heterocycles. The topological polar surface area (TPSA) is 80.0 Å². The van der Waals surface area contributed by atoms with E-state index in [1.807, 2.05) is 4.68 Å². The Labute approximate surface area is 134 Å². The van der Waals surface area contributed by atoms with Crippen molar-refractivity contribution in [3.05, 3.63) is 24.8 Å². The molecule has 8 heteroatoms. The van der Waals surface area contributed by atoms with Crippen LogP contribution in [0.5, 0.6) is 0 Å². The summed E-state index contributed by atoms with van der Waals surface area (Å²) in [5.74, 6) is 1.47. The van der Waals surface area contributed by atoms with Gasteiger partial charge >= 0.3 is 0 Å². The number of nitrogens with zero attached hydrogens (tertiary/aromatic N) is 7. The van der Waals surface area contributed by atoms with E-state index in [9.17, 15) is 4.79 Å². The summed E-state index contributed by atoms with van der Waals surface area (Å²) in [5.41, 5.74) is 0. The van der Waals surface area contributed by atoms with Gasteiger partial charge in [-0.3, -0.25) is 9.69 Å². The molecule has 120 valence electrons. The van der Waals surface area contributed by atoms with Gasteiger partial charge in [-0.1, -0.05) is 0 Å². The number of fused-ring (bicyclic) bond motifs is 1. The number of carbonyl (C=O) groups is 1. The van der Waals surface area contributed by atoms with Crippen molar-refractivity contribution in [2.45, 2.75) is 25.8 Å². The fraction of sp³-hybridized carbons (Fsp3) is 0.533. The van der Waals surface area contributed by atoms with Crippen LogP contribution in [0, 0.1) is 5.92 Å². The molecule has 0 aliphatic carbocycles. The van der Waals surface area contributed by atoms with E-state index in [2.05, 4.69) is 25.0 Å². The highest BCUT2D eigenvalue weighted by Crippen LogP contribution is 2.25. The van der Waals surface area contributed by atoms with Gasteiger partial charge < -0.3 is 4.90 Å². The second-order valence-corrected chi connectivity index (χ2v) is 5.96. The summed E-state index contributed by atoms with van der Waals surface area (Å²) in [6.07, 6.45) is 7.77. The van der Waals surface area contributed by atoms with E-state index in [4.69, 9.17) is 0 Å². The number of carbonyl (C=O) groups excluding carboxylic acids is 1. The van der Waals surface area contributed by atoms with Gasteiger partial charge in [0, 0.05) is 38.6 Å². The highest BCUT2D eigenvalue weighted by Gasteiger charge is 2.33. The summed E-state index contributed by atoms with van der Waals surface area (Å²) in [6, 6.07) is 1.80. The second kappa shape index (κ2) is 5.94. The number of aromatic nitrogens is 5. The largest absolute Gasteiger partial charge is 0.340 e. The normalized spacial score (nSPS) is 21.1. The van der Waals surface area contributed by atoms with Gasteiger partial charge in [0.2, 0.25) is 17.8 Å². The highest BCUT2D eigenvalue weighted by atomic mass is 16.2. The van der Waals surface area contributed by atoms with Crippen LogP contribution in [0.25, 0.3) is 0 Å². The quantitative estimate of drug-likeness (QED) is 0.813. The molecule has 4 heterocycles. The molecule has 1 amide bonds. The lowest BCUT2D eigenvalue weighted by Crippen LogP contribution is -2.47. The van der Waals surface area contributed by atoms with E-state index in [1.165, 1.54) is 6.33 Å². The molecule has 0 radical (unpaired) electrons. The third-order valence-electron chi connectivity index (χ3n) is 4.46. The molecule has 2 aromatic heterocycles. The Morgan fingerprint density at radius 1 is 1.09 bits per heavy atom. The molecule has 0 bridgehead atoms. The minimum absolute atomic E-state index is 0.0455. The summed E-state index contributed by atoms with van der Waals surface area (Å²) < 4.78 is 1.81. The Bertz CT molecular complexity index is 686. The molecule has 0 aromatic carbocycles. The molecule has 2 aliphatic rings. The fourth-order valence-corrected chi connectivity index (χ4v) is 3.35. The molecule has 23 heavy (non-hydrogen) atoms. The maximum atomic E-state index is 13.0. The molecular formula is C15H19N7O. The van der Waals surface area contributed by atoms with Crippen LogP contribution < -0.4 is 9.80 Å². The molecule has 4 rings (SSSR count). The summed E-state index contributed by atoms with van der Waals surface area (Å²) in [5, 5.41) is 4.18. The number of rotatable bonds is 2. The average molecular weight is 313 g/mol. The predicted molar refractivity (Wildman–Crippen MR) is 84.0 cm³/mol. The molecule has 1 fully saturated rings. The van der Waals surface area contributed by atoms with Gasteiger partial charge in [0.15, 0.2) is 0 Å². The molecule has 0 saturated carbocycles. The van der Waals surface area contributed by atoms with Crippen LogP contribution in [0.3, 0.4) is 0 Å². The number of hydrogen-bond acceptors (Lipinski definition) is 6. The lowest BCUT2D eigenvalue weighted by molar-refractivity contribution is -0.122. The molecular weight excluding hydrogens is 294 g/mol. The van der Waals surface area contributed by atoms with E-state index in [0.29, 0.717) is 18.4 Å².